The minimum Gasteiger partial charge on any atom is -0.461 e. The fourth-order valence-electron chi connectivity index (χ4n) is 7.72. The van der Waals surface area contributed by atoms with E-state index in [1.807, 2.05) is 42.3 Å². The first-order chi connectivity index (χ1) is 25.1. The summed E-state index contributed by atoms with van der Waals surface area (Å²) in [6.07, 6.45) is 4.58. The second-order valence-electron chi connectivity index (χ2n) is 13.8. The van der Waals surface area contributed by atoms with E-state index in [9.17, 15) is 13.6 Å². The number of amides is 1. The highest BCUT2D eigenvalue weighted by molar-refractivity contribution is 6.36. The Labute approximate surface area is 304 Å². The van der Waals surface area contributed by atoms with E-state index < -0.39 is 18.1 Å². The summed E-state index contributed by atoms with van der Waals surface area (Å²) in [6.45, 7) is 3.97. The number of alkyl halides is 2. The third kappa shape index (κ3) is 7.36. The van der Waals surface area contributed by atoms with Crippen molar-refractivity contribution in [3.8, 4) is 6.01 Å². The number of aromatic nitrogens is 4. The van der Waals surface area contributed by atoms with Crippen molar-refractivity contribution in [3.05, 3.63) is 70.0 Å². The highest BCUT2D eigenvalue weighted by Gasteiger charge is 2.45. The lowest BCUT2D eigenvalue weighted by Gasteiger charge is -2.41. The fraction of sp³-hybridized carbons (Fsp3) is 0.459. The smallest absolute Gasteiger partial charge is 0.319 e. The van der Waals surface area contributed by atoms with Gasteiger partial charge < -0.3 is 19.1 Å². The molecule has 0 spiro atoms. The Bertz CT molecular complexity index is 1980. The molecule has 0 aliphatic carbocycles. The number of benzene rings is 2. The zero-order valence-corrected chi connectivity index (χ0v) is 29.8. The van der Waals surface area contributed by atoms with Gasteiger partial charge in [0, 0.05) is 69.1 Å². The highest BCUT2D eigenvalue weighted by Crippen LogP contribution is 2.40. The molecule has 0 N–H and O–H groups in total. The number of aliphatic imine (C=N–C) groups is 1. The number of likely N-dealkylation sites (tertiary alicyclic amines) is 1. The van der Waals surface area contributed by atoms with E-state index in [-0.39, 0.29) is 47.8 Å². The average Bonchev–Trinajstić information content (AvgIpc) is 3.85. The van der Waals surface area contributed by atoms with Gasteiger partial charge in [-0.15, -0.1) is 0 Å². The molecule has 3 saturated heterocycles. The summed E-state index contributed by atoms with van der Waals surface area (Å²) in [6, 6.07) is 11.2. The van der Waals surface area contributed by atoms with Crippen molar-refractivity contribution < 1.29 is 27.2 Å². The van der Waals surface area contributed by atoms with E-state index in [0.29, 0.717) is 48.2 Å². The van der Waals surface area contributed by atoms with Crippen LogP contribution in [0.15, 0.2) is 45.9 Å². The standard InChI is InChI=1S/C37H40ClF3N8O3/c1-42-18-26-32(28(39)17-25-9-3-7-24-8-4-10-27(38)31(24)25)44-36(51-22-37-13-5-15-49(37)16-6-14-37)45-35(26)47(2)19-23-20-48(21-23)30(50)12-11-29-43-34(33(40)41)46-52-29/h3-4,7-10,17-18,23,33H,5-6,11-16,19-22H2,1-2H3/b28-17-,42-18?. The quantitative estimate of drug-likeness (QED) is 0.139. The van der Waals surface area contributed by atoms with Crippen molar-refractivity contribution in [2.24, 2.45) is 10.9 Å². The van der Waals surface area contributed by atoms with E-state index in [1.165, 1.54) is 6.08 Å². The Balaban J connectivity index is 1.13. The van der Waals surface area contributed by atoms with Crippen LogP contribution in [0.5, 0.6) is 6.01 Å². The maximum atomic E-state index is 16.6. The highest BCUT2D eigenvalue weighted by atomic mass is 35.5. The second-order valence-corrected chi connectivity index (χ2v) is 14.2. The number of carbonyl (C=O) groups is 1. The van der Waals surface area contributed by atoms with Crippen molar-refractivity contribution in [3.63, 3.8) is 0 Å². The van der Waals surface area contributed by atoms with Gasteiger partial charge >= 0.3 is 12.4 Å². The monoisotopic (exact) mass is 736 g/mol. The van der Waals surface area contributed by atoms with E-state index >= 15 is 4.39 Å². The molecule has 2 aromatic carbocycles. The molecule has 3 fully saturated rings. The molecular formula is C37H40ClF3N8O3. The number of fused-ring (bicyclic) bond motifs is 2. The van der Waals surface area contributed by atoms with Crippen LogP contribution in [-0.4, -0.2) is 101 Å². The third-order valence-corrected chi connectivity index (χ3v) is 10.6. The molecule has 1 amide bonds. The molecule has 0 saturated carbocycles. The first-order valence-electron chi connectivity index (χ1n) is 17.5. The van der Waals surface area contributed by atoms with Gasteiger partial charge in [-0.25, -0.2) is 13.2 Å². The number of rotatable bonds is 13. The molecule has 3 aliphatic rings. The molecule has 11 nitrogen and oxygen atoms in total. The lowest BCUT2D eigenvalue weighted by atomic mass is 9.95. The van der Waals surface area contributed by atoms with Crippen molar-refractivity contribution >= 4 is 52.2 Å². The molecule has 5 heterocycles. The largest absolute Gasteiger partial charge is 0.461 e. The normalized spacial score (nSPS) is 17.8. The predicted molar refractivity (Wildman–Crippen MR) is 193 cm³/mol. The van der Waals surface area contributed by atoms with E-state index in [4.69, 9.17) is 25.8 Å². The van der Waals surface area contributed by atoms with Gasteiger partial charge in [-0.05, 0) is 61.9 Å². The van der Waals surface area contributed by atoms with Crippen LogP contribution in [0, 0.1) is 5.92 Å². The number of ether oxygens (including phenoxy) is 1. The van der Waals surface area contributed by atoms with Crippen LogP contribution in [0.4, 0.5) is 19.0 Å². The zero-order chi connectivity index (χ0) is 36.4. The van der Waals surface area contributed by atoms with E-state index in [1.54, 1.807) is 24.2 Å². The van der Waals surface area contributed by atoms with Gasteiger partial charge in [0.25, 0.3) is 0 Å². The number of halogens is 4. The first kappa shape index (κ1) is 35.8. The van der Waals surface area contributed by atoms with Crippen molar-refractivity contribution in [1.29, 1.82) is 0 Å². The zero-order valence-electron chi connectivity index (χ0n) is 29.1. The van der Waals surface area contributed by atoms with E-state index in [2.05, 4.69) is 25.0 Å². The SMILES string of the molecule is CN=Cc1c(/C(F)=C/c2cccc3cccc(Cl)c23)nc(OCC23CCCN2CCC3)nc1N(C)CC1CN(C(=O)CCc2nc(C(F)F)no2)C1. The molecule has 0 atom stereocenters. The summed E-state index contributed by atoms with van der Waals surface area (Å²) in [5.41, 5.74) is 0.989. The molecule has 52 heavy (non-hydrogen) atoms. The first-order valence-corrected chi connectivity index (χ1v) is 17.9. The average molecular weight is 737 g/mol. The number of carbonyl (C=O) groups excluding carboxylic acids is 1. The van der Waals surface area contributed by atoms with Crippen LogP contribution >= 0.6 is 11.6 Å². The Morgan fingerprint density at radius 3 is 2.62 bits per heavy atom. The van der Waals surface area contributed by atoms with Gasteiger partial charge in [-0.1, -0.05) is 47.1 Å². The molecule has 0 radical (unpaired) electrons. The summed E-state index contributed by atoms with van der Waals surface area (Å²) in [4.78, 5) is 36.3. The van der Waals surface area contributed by atoms with Crippen LogP contribution in [0.3, 0.4) is 0 Å². The van der Waals surface area contributed by atoms with Crippen LogP contribution in [0.25, 0.3) is 22.7 Å². The Morgan fingerprint density at radius 1 is 1.15 bits per heavy atom. The molecule has 3 aliphatic heterocycles. The van der Waals surface area contributed by atoms with E-state index in [0.717, 1.165) is 49.5 Å². The Kier molecular flexibility index (Phi) is 10.5. The van der Waals surface area contributed by atoms with Crippen LogP contribution in [0.1, 0.15) is 67.1 Å². The maximum absolute atomic E-state index is 16.6. The van der Waals surface area contributed by atoms with Gasteiger partial charge in [0.1, 0.15) is 23.9 Å². The topological polar surface area (TPSA) is 113 Å². The van der Waals surface area contributed by atoms with Gasteiger partial charge in [-0.3, -0.25) is 14.7 Å². The number of anilines is 1. The van der Waals surface area contributed by atoms with Gasteiger partial charge in [-0.2, -0.15) is 15.0 Å². The Morgan fingerprint density at radius 2 is 1.90 bits per heavy atom. The summed E-state index contributed by atoms with van der Waals surface area (Å²) in [5, 5.41) is 5.37. The minimum atomic E-state index is -2.83. The van der Waals surface area contributed by atoms with Crippen molar-refractivity contribution in [2.75, 3.05) is 58.3 Å². The van der Waals surface area contributed by atoms with Crippen LogP contribution in [-0.2, 0) is 11.2 Å². The third-order valence-electron chi connectivity index (χ3n) is 10.3. The summed E-state index contributed by atoms with van der Waals surface area (Å²) in [5.74, 6) is -0.861. The van der Waals surface area contributed by atoms with Crippen molar-refractivity contribution in [1.82, 2.24) is 29.9 Å². The molecule has 7 rings (SSSR count). The fourth-order valence-corrected chi connectivity index (χ4v) is 8.02. The minimum absolute atomic E-state index is 0.00108. The van der Waals surface area contributed by atoms with Crippen LogP contribution in [0.2, 0.25) is 5.02 Å². The molecule has 15 heteroatoms. The molecule has 0 bridgehead atoms. The number of hydrogen-bond donors (Lipinski definition) is 0. The number of nitrogens with zero attached hydrogens (tertiary/aromatic N) is 8. The summed E-state index contributed by atoms with van der Waals surface area (Å²) < 4.78 is 53.4. The Hall–Kier alpha value is -4.56. The summed E-state index contributed by atoms with van der Waals surface area (Å²) >= 11 is 6.58. The van der Waals surface area contributed by atoms with Crippen molar-refractivity contribution in [2.45, 2.75) is 50.5 Å². The molecule has 0 unspecified atom stereocenters. The summed E-state index contributed by atoms with van der Waals surface area (Å²) in [7, 11) is 3.47. The number of hydrogen-bond acceptors (Lipinski definition) is 10. The lowest BCUT2D eigenvalue weighted by molar-refractivity contribution is -0.137. The maximum Gasteiger partial charge on any atom is 0.319 e. The van der Waals surface area contributed by atoms with Gasteiger partial charge in [0.2, 0.25) is 17.6 Å². The second kappa shape index (κ2) is 15.2. The number of aryl methyl sites for hydroxylation is 1. The molecular weight excluding hydrogens is 697 g/mol. The van der Waals surface area contributed by atoms with Gasteiger partial charge in [0.05, 0.1) is 11.1 Å². The molecule has 4 aromatic rings. The lowest BCUT2D eigenvalue weighted by Crippen LogP contribution is -2.53. The predicted octanol–water partition coefficient (Wildman–Crippen LogP) is 6.65. The molecule has 274 valence electrons. The molecule has 2 aromatic heterocycles. The van der Waals surface area contributed by atoms with Gasteiger partial charge in [0.15, 0.2) is 0 Å². The van der Waals surface area contributed by atoms with Crippen LogP contribution < -0.4 is 9.64 Å².